The number of rotatable bonds is 4. The summed E-state index contributed by atoms with van der Waals surface area (Å²) in [6.07, 6.45) is 0.350. The maximum absolute atomic E-state index is 10.9. The lowest BCUT2D eigenvalue weighted by Gasteiger charge is -2.04. The van der Waals surface area contributed by atoms with Gasteiger partial charge in [0.05, 0.1) is 12.9 Å². The lowest BCUT2D eigenvalue weighted by Crippen LogP contribution is -2.01. The van der Waals surface area contributed by atoms with Crippen molar-refractivity contribution in [1.82, 2.24) is 0 Å². The van der Waals surface area contributed by atoms with Gasteiger partial charge in [-0.2, -0.15) is 0 Å². The van der Waals surface area contributed by atoms with Gasteiger partial charge in [0.1, 0.15) is 5.76 Å². The van der Waals surface area contributed by atoms with E-state index in [2.05, 4.69) is 0 Å². The van der Waals surface area contributed by atoms with E-state index in [4.69, 9.17) is 19.8 Å². The summed E-state index contributed by atoms with van der Waals surface area (Å²) in [4.78, 5) is 0. The Morgan fingerprint density at radius 3 is 2.67 bits per heavy atom. The smallest absolute Gasteiger partial charge is 0.232 e. The van der Waals surface area contributed by atoms with Crippen LogP contribution < -0.4 is 4.74 Å². The number of ether oxygens (including phenoxy) is 1. The average molecular weight is 289 g/mol. The zero-order valence-electron chi connectivity index (χ0n) is 10.1. The maximum Gasteiger partial charge on any atom is 0.232 e. The number of halogens is 1. The number of methoxy groups -OCH3 is 1. The first-order chi connectivity index (χ1) is 8.39. The first-order valence-corrected chi connectivity index (χ1v) is 7.86. The van der Waals surface area contributed by atoms with E-state index in [1.54, 1.807) is 13.2 Å². The maximum atomic E-state index is 10.9. The van der Waals surface area contributed by atoms with Crippen LogP contribution in [0.3, 0.4) is 0 Å². The molecular weight excluding hydrogens is 276 g/mol. The first kappa shape index (κ1) is 13.2. The van der Waals surface area contributed by atoms with Crippen molar-refractivity contribution >= 4 is 30.7 Å². The second-order valence-electron chi connectivity index (χ2n) is 4.07. The molecule has 0 aliphatic heterocycles. The summed E-state index contributed by atoms with van der Waals surface area (Å²) in [5.74, 6) is 1.29. The second kappa shape index (κ2) is 4.82. The summed E-state index contributed by atoms with van der Waals surface area (Å²) in [5.41, 5.74) is 1.52. The molecule has 0 saturated heterocycles. The van der Waals surface area contributed by atoms with Gasteiger partial charge in [0.2, 0.25) is 9.05 Å². The van der Waals surface area contributed by atoms with Gasteiger partial charge in [0.15, 0.2) is 11.3 Å². The van der Waals surface area contributed by atoms with Gasteiger partial charge in [-0.1, -0.05) is 0 Å². The number of hydrogen-bond acceptors (Lipinski definition) is 4. The Balaban J connectivity index is 2.40. The third kappa shape index (κ3) is 2.97. The molecule has 0 atom stereocenters. The minimum Gasteiger partial charge on any atom is -0.493 e. The highest BCUT2D eigenvalue weighted by molar-refractivity contribution is 8.13. The fourth-order valence-corrected chi connectivity index (χ4v) is 2.56. The van der Waals surface area contributed by atoms with E-state index in [1.807, 2.05) is 19.1 Å². The van der Waals surface area contributed by atoms with Gasteiger partial charge in [-0.25, -0.2) is 8.42 Å². The van der Waals surface area contributed by atoms with Crippen LogP contribution in [0.2, 0.25) is 0 Å². The lowest BCUT2D eigenvalue weighted by atomic mass is 10.1. The highest BCUT2D eigenvalue weighted by atomic mass is 35.7. The first-order valence-electron chi connectivity index (χ1n) is 5.38. The standard InChI is InChI=1S/C12H13ClO4S/c1-8-5-10-6-9(3-4-18(13,14)15)7-11(16-2)12(10)17-8/h5-7H,3-4H2,1-2H3. The predicted molar refractivity (Wildman–Crippen MR) is 70.8 cm³/mol. The van der Waals surface area contributed by atoms with Crippen LogP contribution in [0.5, 0.6) is 5.75 Å². The van der Waals surface area contributed by atoms with Crippen LogP contribution in [0, 0.1) is 6.92 Å². The van der Waals surface area contributed by atoms with Crippen LogP contribution in [-0.4, -0.2) is 21.3 Å². The van der Waals surface area contributed by atoms with Crippen LogP contribution in [0.15, 0.2) is 22.6 Å². The number of furan rings is 1. The van der Waals surface area contributed by atoms with E-state index in [1.165, 1.54) is 0 Å². The average Bonchev–Trinajstić information content (AvgIpc) is 2.64. The third-order valence-corrected chi connectivity index (χ3v) is 3.77. The molecule has 4 nitrogen and oxygen atoms in total. The molecule has 1 aromatic heterocycles. The Bertz CT molecular complexity index is 673. The normalized spacial score (nSPS) is 11.9. The molecule has 0 amide bonds. The number of fused-ring (bicyclic) bond motifs is 1. The molecule has 0 fully saturated rings. The highest BCUT2D eigenvalue weighted by Crippen LogP contribution is 2.30. The van der Waals surface area contributed by atoms with Crippen molar-refractivity contribution in [2.45, 2.75) is 13.3 Å². The van der Waals surface area contributed by atoms with Gasteiger partial charge >= 0.3 is 0 Å². The van der Waals surface area contributed by atoms with Crippen LogP contribution >= 0.6 is 10.7 Å². The summed E-state index contributed by atoms with van der Waals surface area (Å²) in [6.45, 7) is 1.85. The molecular formula is C12H13ClO4S. The van der Waals surface area contributed by atoms with E-state index in [-0.39, 0.29) is 5.75 Å². The molecule has 0 radical (unpaired) electrons. The highest BCUT2D eigenvalue weighted by Gasteiger charge is 2.11. The molecule has 0 saturated carbocycles. The van der Waals surface area contributed by atoms with E-state index < -0.39 is 9.05 Å². The monoisotopic (exact) mass is 288 g/mol. The van der Waals surface area contributed by atoms with Gasteiger partial charge in [-0.3, -0.25) is 0 Å². The van der Waals surface area contributed by atoms with Gasteiger partial charge in [0.25, 0.3) is 0 Å². The molecule has 98 valence electrons. The van der Waals surface area contributed by atoms with Crippen LogP contribution in [0.25, 0.3) is 11.0 Å². The van der Waals surface area contributed by atoms with Crippen LogP contribution in [0.4, 0.5) is 0 Å². The summed E-state index contributed by atoms with van der Waals surface area (Å²) in [5, 5.41) is 0.897. The summed E-state index contributed by atoms with van der Waals surface area (Å²) < 4.78 is 32.6. The van der Waals surface area contributed by atoms with Crippen LogP contribution in [0.1, 0.15) is 11.3 Å². The van der Waals surface area contributed by atoms with Crippen molar-refractivity contribution in [3.05, 3.63) is 29.5 Å². The molecule has 0 aliphatic rings. The minimum absolute atomic E-state index is 0.0972. The van der Waals surface area contributed by atoms with Gasteiger partial charge in [-0.05, 0) is 37.1 Å². The number of hydrogen-bond donors (Lipinski definition) is 0. The third-order valence-electron chi connectivity index (χ3n) is 2.62. The van der Waals surface area contributed by atoms with Crippen LogP contribution in [-0.2, 0) is 15.5 Å². The van der Waals surface area contributed by atoms with Gasteiger partial charge in [-0.15, -0.1) is 0 Å². The lowest BCUT2D eigenvalue weighted by molar-refractivity contribution is 0.408. The summed E-state index contributed by atoms with van der Waals surface area (Å²) >= 11 is 0. The Morgan fingerprint density at radius 2 is 2.06 bits per heavy atom. The quantitative estimate of drug-likeness (QED) is 0.812. The molecule has 6 heteroatoms. The van der Waals surface area contributed by atoms with Crippen molar-refractivity contribution in [1.29, 1.82) is 0 Å². The van der Waals surface area contributed by atoms with Crippen molar-refractivity contribution in [2.75, 3.05) is 12.9 Å². The molecule has 2 rings (SSSR count). The van der Waals surface area contributed by atoms with Crippen molar-refractivity contribution in [3.63, 3.8) is 0 Å². The molecule has 0 N–H and O–H groups in total. The fraction of sp³-hybridized carbons (Fsp3) is 0.333. The van der Waals surface area contributed by atoms with Crippen molar-refractivity contribution in [3.8, 4) is 5.75 Å². The molecule has 0 bridgehead atoms. The van der Waals surface area contributed by atoms with E-state index in [0.29, 0.717) is 17.8 Å². The fourth-order valence-electron chi connectivity index (χ4n) is 1.84. The van der Waals surface area contributed by atoms with Crippen molar-refractivity contribution < 1.29 is 17.6 Å². The molecule has 1 heterocycles. The SMILES string of the molecule is COc1cc(CCS(=O)(=O)Cl)cc2cc(C)oc12. The Labute approximate surface area is 110 Å². The number of benzene rings is 1. The Kier molecular flexibility index (Phi) is 3.54. The zero-order chi connectivity index (χ0) is 13.3. The molecule has 2 aromatic rings. The molecule has 0 spiro atoms. The van der Waals surface area contributed by atoms with E-state index in [0.717, 1.165) is 16.7 Å². The van der Waals surface area contributed by atoms with Gasteiger partial charge < -0.3 is 9.15 Å². The summed E-state index contributed by atoms with van der Waals surface area (Å²) in [7, 11) is 3.27. The Hall–Kier alpha value is -1.20. The molecule has 0 unspecified atom stereocenters. The second-order valence-corrected chi connectivity index (χ2v) is 6.96. The van der Waals surface area contributed by atoms with E-state index in [9.17, 15) is 8.42 Å². The zero-order valence-corrected chi connectivity index (χ0v) is 11.6. The largest absolute Gasteiger partial charge is 0.493 e. The number of aryl methyl sites for hydroxylation is 2. The molecule has 0 aliphatic carbocycles. The molecule has 18 heavy (non-hydrogen) atoms. The summed E-state index contributed by atoms with van der Waals surface area (Å²) in [6, 6.07) is 5.54. The van der Waals surface area contributed by atoms with Crippen molar-refractivity contribution in [2.24, 2.45) is 0 Å². The Morgan fingerprint density at radius 1 is 1.33 bits per heavy atom. The minimum atomic E-state index is -3.48. The topological polar surface area (TPSA) is 56.5 Å². The van der Waals surface area contributed by atoms with E-state index >= 15 is 0 Å². The van der Waals surface area contributed by atoms with Gasteiger partial charge in [0, 0.05) is 16.1 Å². The predicted octanol–water partition coefficient (Wildman–Crippen LogP) is 2.86. The molecule has 1 aromatic carbocycles.